The van der Waals surface area contributed by atoms with Crippen molar-refractivity contribution in [3.05, 3.63) is 40.4 Å². The number of ether oxygens (including phenoxy) is 1. The van der Waals surface area contributed by atoms with E-state index in [1.54, 1.807) is 10.6 Å². The van der Waals surface area contributed by atoms with E-state index >= 15 is 0 Å². The van der Waals surface area contributed by atoms with E-state index in [2.05, 4.69) is 15.1 Å². The van der Waals surface area contributed by atoms with Crippen LogP contribution in [0.15, 0.2) is 30.3 Å². The molecule has 2 aromatic heterocycles. The highest BCUT2D eigenvalue weighted by Gasteiger charge is 2.22. The number of benzene rings is 1. The Bertz CT molecular complexity index is 925. The number of hydrogen-bond donors (Lipinski definition) is 0. The average Bonchev–Trinajstić information content (AvgIpc) is 3.09. The Morgan fingerprint density at radius 2 is 1.96 bits per heavy atom. The van der Waals surface area contributed by atoms with Crippen molar-refractivity contribution < 1.29 is 4.74 Å². The fourth-order valence-electron chi connectivity index (χ4n) is 3.50. The van der Waals surface area contributed by atoms with Gasteiger partial charge in [-0.15, -0.1) is 15.3 Å². The fraction of sp³-hybridized carbons (Fsp3) is 0.421. The minimum atomic E-state index is 0.531. The van der Waals surface area contributed by atoms with Gasteiger partial charge in [0.15, 0.2) is 11.5 Å². The van der Waals surface area contributed by atoms with Gasteiger partial charge in [-0.3, -0.25) is 0 Å². The van der Waals surface area contributed by atoms with Gasteiger partial charge in [0, 0.05) is 35.3 Å². The van der Waals surface area contributed by atoms with Crippen LogP contribution in [-0.4, -0.2) is 46.1 Å². The van der Waals surface area contributed by atoms with E-state index in [9.17, 15) is 0 Å². The number of piperidine rings is 1. The molecule has 0 radical (unpaired) electrons. The van der Waals surface area contributed by atoms with Crippen LogP contribution in [0.25, 0.3) is 17.0 Å². The molecule has 8 heteroatoms. The lowest BCUT2D eigenvalue weighted by Crippen LogP contribution is -2.38. The van der Waals surface area contributed by atoms with E-state index in [0.717, 1.165) is 44.1 Å². The summed E-state index contributed by atoms with van der Waals surface area (Å²) in [4.78, 5) is 2.31. The Hall–Kier alpha value is -1.89. The van der Waals surface area contributed by atoms with Crippen molar-refractivity contribution in [3.8, 4) is 11.4 Å². The van der Waals surface area contributed by atoms with Crippen molar-refractivity contribution >= 4 is 34.7 Å². The molecule has 0 bridgehead atoms. The summed E-state index contributed by atoms with van der Waals surface area (Å²) >= 11 is 12.3. The highest BCUT2D eigenvalue weighted by Crippen LogP contribution is 2.27. The minimum Gasteiger partial charge on any atom is -0.381 e. The molecule has 0 spiro atoms. The summed E-state index contributed by atoms with van der Waals surface area (Å²) in [5.74, 6) is 2.07. The second-order valence-corrected chi connectivity index (χ2v) is 7.63. The summed E-state index contributed by atoms with van der Waals surface area (Å²) in [5.41, 5.74) is 1.48. The first-order valence-electron chi connectivity index (χ1n) is 9.15. The molecule has 1 atom stereocenters. The lowest BCUT2D eigenvalue weighted by Gasteiger charge is -2.33. The van der Waals surface area contributed by atoms with Gasteiger partial charge in [0.1, 0.15) is 5.82 Å². The van der Waals surface area contributed by atoms with E-state index in [4.69, 9.17) is 33.0 Å². The Labute approximate surface area is 168 Å². The number of anilines is 1. The first-order chi connectivity index (χ1) is 13.1. The lowest BCUT2D eigenvalue weighted by molar-refractivity contribution is 0.104. The van der Waals surface area contributed by atoms with E-state index in [-0.39, 0.29) is 0 Å². The van der Waals surface area contributed by atoms with Crippen molar-refractivity contribution in [3.63, 3.8) is 0 Å². The molecule has 1 saturated heterocycles. The Morgan fingerprint density at radius 3 is 2.74 bits per heavy atom. The molecule has 1 aromatic carbocycles. The summed E-state index contributed by atoms with van der Waals surface area (Å²) < 4.78 is 7.37. The molecule has 27 heavy (non-hydrogen) atoms. The van der Waals surface area contributed by atoms with Gasteiger partial charge in [-0.25, -0.2) is 0 Å². The highest BCUT2D eigenvalue weighted by atomic mass is 35.5. The predicted octanol–water partition coefficient (Wildman–Crippen LogP) is 4.35. The highest BCUT2D eigenvalue weighted by molar-refractivity contribution is 6.35. The van der Waals surface area contributed by atoms with Crippen LogP contribution in [0.2, 0.25) is 10.0 Å². The van der Waals surface area contributed by atoms with Crippen molar-refractivity contribution in [2.75, 3.05) is 31.2 Å². The lowest BCUT2D eigenvalue weighted by atomic mass is 9.99. The summed E-state index contributed by atoms with van der Waals surface area (Å²) in [6.45, 7) is 5.52. The second kappa shape index (κ2) is 8.00. The van der Waals surface area contributed by atoms with Gasteiger partial charge >= 0.3 is 0 Å². The van der Waals surface area contributed by atoms with Crippen LogP contribution >= 0.6 is 23.2 Å². The molecule has 4 rings (SSSR count). The number of rotatable bonds is 5. The topological polar surface area (TPSA) is 55.5 Å². The Balaban J connectivity index is 1.65. The van der Waals surface area contributed by atoms with Gasteiger partial charge in [-0.2, -0.15) is 4.52 Å². The molecule has 3 aromatic rings. The first-order valence-corrected chi connectivity index (χ1v) is 9.91. The van der Waals surface area contributed by atoms with Crippen LogP contribution in [0.4, 0.5) is 5.82 Å². The third kappa shape index (κ3) is 4.03. The van der Waals surface area contributed by atoms with Crippen LogP contribution in [-0.2, 0) is 4.74 Å². The monoisotopic (exact) mass is 405 g/mol. The largest absolute Gasteiger partial charge is 0.381 e. The molecule has 1 aliphatic rings. The summed E-state index contributed by atoms with van der Waals surface area (Å²) in [6.07, 6.45) is 2.33. The van der Waals surface area contributed by atoms with E-state index in [0.29, 0.717) is 27.4 Å². The maximum absolute atomic E-state index is 6.15. The van der Waals surface area contributed by atoms with E-state index < -0.39 is 0 Å². The molecule has 0 aliphatic carbocycles. The molecule has 0 saturated carbocycles. The average molecular weight is 406 g/mol. The third-order valence-electron chi connectivity index (χ3n) is 4.77. The second-order valence-electron chi connectivity index (χ2n) is 6.76. The maximum Gasteiger partial charge on any atom is 0.185 e. The SMILES string of the molecule is CCOCC1CCCN(c2ccc3nnc(-c4cc(Cl)cc(Cl)c4)n3n2)C1. The van der Waals surface area contributed by atoms with Crippen molar-refractivity contribution in [2.24, 2.45) is 5.92 Å². The molecule has 3 heterocycles. The Morgan fingerprint density at radius 1 is 1.15 bits per heavy atom. The third-order valence-corrected chi connectivity index (χ3v) is 5.21. The fourth-order valence-corrected chi connectivity index (χ4v) is 4.03. The number of halogens is 2. The molecule has 142 valence electrons. The Kier molecular flexibility index (Phi) is 5.48. The van der Waals surface area contributed by atoms with Crippen LogP contribution in [0.1, 0.15) is 19.8 Å². The summed E-state index contributed by atoms with van der Waals surface area (Å²) in [6, 6.07) is 9.27. The molecule has 1 fully saturated rings. The van der Waals surface area contributed by atoms with Gasteiger partial charge < -0.3 is 9.64 Å². The van der Waals surface area contributed by atoms with Gasteiger partial charge in [0.2, 0.25) is 0 Å². The smallest absolute Gasteiger partial charge is 0.185 e. The predicted molar refractivity (Wildman–Crippen MR) is 108 cm³/mol. The van der Waals surface area contributed by atoms with Crippen LogP contribution < -0.4 is 4.90 Å². The van der Waals surface area contributed by atoms with Crippen molar-refractivity contribution in [1.29, 1.82) is 0 Å². The number of aromatic nitrogens is 4. The minimum absolute atomic E-state index is 0.531. The molecule has 0 amide bonds. The van der Waals surface area contributed by atoms with Gasteiger partial charge in [-0.1, -0.05) is 23.2 Å². The molecular formula is C19H21Cl2N5O. The number of fused-ring (bicyclic) bond motifs is 1. The first kappa shape index (κ1) is 18.5. The molecule has 0 N–H and O–H groups in total. The van der Waals surface area contributed by atoms with Gasteiger partial charge in [-0.05, 0) is 56.0 Å². The standard InChI is InChI=1S/C19H21Cl2N5O/c1-2-27-12-13-4-3-7-25(11-13)18-6-5-17-22-23-19(26(17)24-18)14-8-15(20)10-16(21)9-14/h5-6,8-10,13H,2-4,7,11-12H2,1H3. The molecule has 1 aliphatic heterocycles. The zero-order valence-electron chi connectivity index (χ0n) is 15.1. The molecule has 6 nitrogen and oxygen atoms in total. The van der Waals surface area contributed by atoms with E-state index in [1.165, 1.54) is 6.42 Å². The van der Waals surface area contributed by atoms with Crippen molar-refractivity contribution in [2.45, 2.75) is 19.8 Å². The van der Waals surface area contributed by atoms with Crippen molar-refractivity contribution in [1.82, 2.24) is 19.8 Å². The zero-order chi connectivity index (χ0) is 18.8. The normalized spacial score (nSPS) is 17.6. The van der Waals surface area contributed by atoms with Gasteiger partial charge in [0.05, 0.1) is 6.61 Å². The van der Waals surface area contributed by atoms with E-state index in [1.807, 2.05) is 31.2 Å². The summed E-state index contributed by atoms with van der Waals surface area (Å²) in [7, 11) is 0. The maximum atomic E-state index is 6.15. The quantitative estimate of drug-likeness (QED) is 0.631. The molecule has 1 unspecified atom stereocenters. The summed E-state index contributed by atoms with van der Waals surface area (Å²) in [5, 5.41) is 14.4. The number of hydrogen-bond acceptors (Lipinski definition) is 5. The van der Waals surface area contributed by atoms with Crippen LogP contribution in [0.3, 0.4) is 0 Å². The molecular weight excluding hydrogens is 385 g/mol. The van der Waals surface area contributed by atoms with Crippen LogP contribution in [0, 0.1) is 5.92 Å². The van der Waals surface area contributed by atoms with Crippen LogP contribution in [0.5, 0.6) is 0 Å². The number of nitrogens with zero attached hydrogens (tertiary/aromatic N) is 5. The van der Waals surface area contributed by atoms with Gasteiger partial charge in [0.25, 0.3) is 0 Å². The zero-order valence-corrected chi connectivity index (χ0v) is 16.6.